The molecule has 15 heteroatoms. The van der Waals surface area contributed by atoms with Crippen LogP contribution >= 0.6 is 0 Å². The number of hydrogen-bond donors (Lipinski definition) is 2. The van der Waals surface area contributed by atoms with Crippen molar-refractivity contribution in [3.8, 4) is 34.3 Å². The highest BCUT2D eigenvalue weighted by atomic mass is 19.4. The summed E-state index contributed by atoms with van der Waals surface area (Å²) in [5.41, 5.74) is 6.54. The lowest BCUT2D eigenvalue weighted by atomic mass is 10.1. The average Bonchev–Trinajstić information content (AvgIpc) is 3.56. The Morgan fingerprint density at radius 3 is 2.40 bits per heavy atom. The molecule has 228 valence electrons. The molecule has 1 aliphatic heterocycles. The molecule has 2 aromatic carbocycles. The Morgan fingerprint density at radius 1 is 0.978 bits per heavy atom. The number of halogens is 3. The van der Waals surface area contributed by atoms with E-state index in [2.05, 4.69) is 42.6 Å². The van der Waals surface area contributed by atoms with Gasteiger partial charge in [-0.3, -0.25) is 4.98 Å². The molecule has 0 aliphatic carbocycles. The number of morpholine rings is 1. The van der Waals surface area contributed by atoms with Gasteiger partial charge in [0.15, 0.2) is 0 Å². The predicted molar refractivity (Wildman–Crippen MR) is 157 cm³/mol. The summed E-state index contributed by atoms with van der Waals surface area (Å²) in [6.45, 7) is 2.94. The monoisotopic (exact) mass is 615 g/mol. The quantitative estimate of drug-likeness (QED) is 0.269. The van der Waals surface area contributed by atoms with E-state index in [1.165, 1.54) is 0 Å². The third-order valence-corrected chi connectivity index (χ3v) is 6.46. The largest absolute Gasteiger partial charge is 0.490 e. The maximum Gasteiger partial charge on any atom is 0.490 e. The van der Waals surface area contributed by atoms with E-state index in [0.717, 1.165) is 52.7 Å². The second-order valence-electron chi connectivity index (χ2n) is 9.51. The SMILES string of the molecule is N#Cc1cc(-c2ccnc(Nc3ccc(-n4cc(-c5cccnc5)nn4)cc3)n2)cc(N2CCOCC2)c1.O=C(O)C(F)(F)F. The summed E-state index contributed by atoms with van der Waals surface area (Å²) in [6, 6.07) is 21.5. The molecule has 4 heterocycles. The van der Waals surface area contributed by atoms with Gasteiger partial charge in [-0.05, 0) is 60.7 Å². The zero-order chi connectivity index (χ0) is 31.8. The molecule has 1 saturated heterocycles. The van der Waals surface area contributed by atoms with Gasteiger partial charge in [0.1, 0.15) is 5.69 Å². The lowest BCUT2D eigenvalue weighted by Crippen LogP contribution is -2.36. The number of anilines is 3. The number of nitriles is 1. The first-order valence-electron chi connectivity index (χ1n) is 13.4. The molecule has 5 aromatic rings. The average molecular weight is 616 g/mol. The minimum atomic E-state index is -5.08. The summed E-state index contributed by atoms with van der Waals surface area (Å²) in [4.78, 5) is 24.4. The Morgan fingerprint density at radius 2 is 1.73 bits per heavy atom. The molecule has 0 saturated carbocycles. The fourth-order valence-corrected chi connectivity index (χ4v) is 4.27. The number of nitrogens with zero attached hydrogens (tertiary/aromatic N) is 8. The highest BCUT2D eigenvalue weighted by Crippen LogP contribution is 2.27. The summed E-state index contributed by atoms with van der Waals surface area (Å²) >= 11 is 0. The summed E-state index contributed by atoms with van der Waals surface area (Å²) in [5.74, 6) is -2.29. The molecular weight excluding hydrogens is 591 g/mol. The molecule has 0 unspecified atom stereocenters. The highest BCUT2D eigenvalue weighted by Gasteiger charge is 2.38. The third kappa shape index (κ3) is 7.94. The number of benzene rings is 2. The van der Waals surface area contributed by atoms with Crippen LogP contribution in [-0.2, 0) is 9.53 Å². The molecule has 3 aromatic heterocycles. The number of carboxylic acid groups (broad SMARTS) is 1. The van der Waals surface area contributed by atoms with E-state index in [0.29, 0.717) is 24.7 Å². The fourth-order valence-electron chi connectivity index (χ4n) is 4.27. The van der Waals surface area contributed by atoms with Crippen molar-refractivity contribution in [2.24, 2.45) is 0 Å². The smallest absolute Gasteiger partial charge is 0.475 e. The Labute approximate surface area is 254 Å². The van der Waals surface area contributed by atoms with Crippen molar-refractivity contribution in [1.82, 2.24) is 29.9 Å². The normalized spacial score (nSPS) is 12.9. The minimum absolute atomic E-state index is 0.463. The molecule has 12 nitrogen and oxygen atoms in total. The van der Waals surface area contributed by atoms with Gasteiger partial charge in [-0.2, -0.15) is 18.4 Å². The van der Waals surface area contributed by atoms with E-state index in [-0.39, 0.29) is 0 Å². The van der Waals surface area contributed by atoms with Crippen molar-refractivity contribution in [1.29, 1.82) is 5.26 Å². The number of ether oxygens (including phenoxy) is 1. The molecule has 1 fully saturated rings. The number of aromatic nitrogens is 6. The van der Waals surface area contributed by atoms with Gasteiger partial charge in [0, 0.05) is 54.2 Å². The maximum absolute atomic E-state index is 10.6. The van der Waals surface area contributed by atoms with Crippen LogP contribution in [0.2, 0.25) is 0 Å². The van der Waals surface area contributed by atoms with Crippen LogP contribution < -0.4 is 10.2 Å². The van der Waals surface area contributed by atoms with E-state index >= 15 is 0 Å². The van der Waals surface area contributed by atoms with E-state index < -0.39 is 12.1 Å². The van der Waals surface area contributed by atoms with Gasteiger partial charge in [0.25, 0.3) is 0 Å². The fraction of sp³-hybridized carbons (Fsp3) is 0.167. The Bertz CT molecular complexity index is 1800. The van der Waals surface area contributed by atoms with E-state index in [1.54, 1.807) is 23.3 Å². The first-order valence-corrected chi connectivity index (χ1v) is 13.4. The molecule has 0 bridgehead atoms. The lowest BCUT2D eigenvalue weighted by Gasteiger charge is -2.29. The van der Waals surface area contributed by atoms with E-state index in [4.69, 9.17) is 19.6 Å². The van der Waals surface area contributed by atoms with Gasteiger partial charge in [-0.15, -0.1) is 5.10 Å². The topological polar surface area (TPSA) is 155 Å². The number of rotatable bonds is 6. The van der Waals surface area contributed by atoms with Crippen LogP contribution in [0, 0.1) is 11.3 Å². The lowest BCUT2D eigenvalue weighted by molar-refractivity contribution is -0.192. The van der Waals surface area contributed by atoms with Crippen LogP contribution in [0.5, 0.6) is 0 Å². The Balaban J connectivity index is 0.000000515. The van der Waals surface area contributed by atoms with Gasteiger partial charge in [-0.1, -0.05) is 5.21 Å². The van der Waals surface area contributed by atoms with Crippen LogP contribution in [0.3, 0.4) is 0 Å². The number of carboxylic acids is 1. The molecule has 0 spiro atoms. The van der Waals surface area contributed by atoms with E-state index in [9.17, 15) is 18.4 Å². The number of pyridine rings is 1. The van der Waals surface area contributed by atoms with Crippen LogP contribution in [0.25, 0.3) is 28.2 Å². The summed E-state index contributed by atoms with van der Waals surface area (Å²) in [7, 11) is 0. The molecule has 1 aliphatic rings. The van der Waals surface area contributed by atoms with Gasteiger partial charge in [-0.25, -0.2) is 19.4 Å². The summed E-state index contributed by atoms with van der Waals surface area (Å²) in [5, 5.41) is 28.5. The second-order valence-corrected chi connectivity index (χ2v) is 9.51. The molecule has 0 amide bonds. The molecule has 0 radical (unpaired) electrons. The van der Waals surface area contributed by atoms with Crippen LogP contribution in [0.1, 0.15) is 5.56 Å². The van der Waals surface area contributed by atoms with Gasteiger partial charge >= 0.3 is 12.1 Å². The van der Waals surface area contributed by atoms with Crippen molar-refractivity contribution in [3.05, 3.63) is 91.0 Å². The molecule has 2 N–H and O–H groups in total. The van der Waals surface area contributed by atoms with Crippen molar-refractivity contribution >= 4 is 23.3 Å². The minimum Gasteiger partial charge on any atom is -0.475 e. The van der Waals surface area contributed by atoms with Crippen molar-refractivity contribution in [2.45, 2.75) is 6.18 Å². The van der Waals surface area contributed by atoms with Gasteiger partial charge < -0.3 is 20.1 Å². The van der Waals surface area contributed by atoms with Crippen molar-refractivity contribution in [3.63, 3.8) is 0 Å². The van der Waals surface area contributed by atoms with E-state index in [1.807, 2.05) is 60.8 Å². The molecule has 0 atom stereocenters. The van der Waals surface area contributed by atoms with Crippen LogP contribution in [0.4, 0.5) is 30.5 Å². The van der Waals surface area contributed by atoms with Crippen LogP contribution in [0.15, 0.2) is 85.5 Å². The zero-order valence-corrected chi connectivity index (χ0v) is 23.4. The first kappa shape index (κ1) is 30.6. The zero-order valence-electron chi connectivity index (χ0n) is 23.4. The van der Waals surface area contributed by atoms with Gasteiger partial charge in [0.2, 0.25) is 5.95 Å². The Kier molecular flexibility index (Phi) is 9.25. The third-order valence-electron chi connectivity index (χ3n) is 6.46. The summed E-state index contributed by atoms with van der Waals surface area (Å²) in [6.07, 6.45) is 1.98. The van der Waals surface area contributed by atoms with Gasteiger partial charge in [0.05, 0.1) is 42.4 Å². The second kappa shape index (κ2) is 13.6. The number of carbonyl (C=O) groups is 1. The highest BCUT2D eigenvalue weighted by molar-refractivity contribution is 5.73. The van der Waals surface area contributed by atoms with Crippen LogP contribution in [-0.4, -0.2) is 73.5 Å². The molecule has 6 rings (SSSR count). The number of alkyl halides is 3. The maximum atomic E-state index is 10.6. The first-order chi connectivity index (χ1) is 21.7. The van der Waals surface area contributed by atoms with Crippen molar-refractivity contribution < 1.29 is 27.8 Å². The van der Waals surface area contributed by atoms with Crippen molar-refractivity contribution in [2.75, 3.05) is 36.5 Å². The molecule has 45 heavy (non-hydrogen) atoms. The Hall–Kier alpha value is -5.88. The standard InChI is InChI=1S/C28H23N9O.C2HF3O2/c29-17-20-14-22(16-25(15-20)36-10-12-38-13-11-36)26-7-9-31-28(33-26)32-23-3-5-24(6-4-23)37-19-27(34-35-37)21-2-1-8-30-18-21;3-2(4,5)1(6)7/h1-9,14-16,18-19H,10-13H2,(H,31,32,33);(H,6,7). The number of aliphatic carboxylic acids is 1. The summed E-state index contributed by atoms with van der Waals surface area (Å²) < 4.78 is 38.9. The number of nitrogens with one attached hydrogen (secondary N) is 1. The molecular formula is C30H24F3N9O3. The predicted octanol–water partition coefficient (Wildman–Crippen LogP) is 4.87. The number of hydrogen-bond acceptors (Lipinski definition) is 10.